The lowest BCUT2D eigenvalue weighted by Crippen LogP contribution is -2.69. The number of allylic oxidation sites excluding steroid dienone is 4. The van der Waals surface area contributed by atoms with Gasteiger partial charge in [0, 0.05) is 19.3 Å². The van der Waals surface area contributed by atoms with Gasteiger partial charge in [0.25, 0.3) is 0 Å². The molecule has 18 unspecified atom stereocenters. The Hall–Kier alpha value is -2.56. The molecule has 18 atom stereocenters. The molecule has 96 heavy (non-hydrogen) atoms. The first-order valence-corrected chi connectivity index (χ1v) is 38.6. The molecule has 2 heterocycles. The number of hydrogen-bond donors (Lipinski definition) is 11. The van der Waals surface area contributed by atoms with Crippen molar-refractivity contribution in [1.82, 2.24) is 0 Å². The number of carbonyl (C=O) groups excluding carboxylic acids is 3. The molecule has 24 nitrogen and oxygen atoms in total. The fraction of sp³-hybridized carbons (Fsp3) is 0.901. The van der Waals surface area contributed by atoms with Crippen LogP contribution in [0.2, 0.25) is 0 Å². The van der Waals surface area contributed by atoms with Crippen LogP contribution >= 0.6 is 7.82 Å². The van der Waals surface area contributed by atoms with E-state index in [0.717, 1.165) is 116 Å². The lowest BCUT2D eigenvalue weighted by atomic mass is 9.84. The Morgan fingerprint density at radius 3 is 1.15 bits per heavy atom. The zero-order valence-electron chi connectivity index (χ0n) is 58.4. The van der Waals surface area contributed by atoms with Gasteiger partial charge >= 0.3 is 25.7 Å². The minimum atomic E-state index is -5.70. The van der Waals surface area contributed by atoms with E-state index >= 15 is 0 Å². The number of ether oxygens (including phenoxy) is 7. The molecule has 3 rings (SSSR count). The average Bonchev–Trinajstić information content (AvgIpc) is 0.765. The summed E-state index contributed by atoms with van der Waals surface area (Å²) in [7, 11) is -5.70. The summed E-state index contributed by atoms with van der Waals surface area (Å²) in [6, 6.07) is 0. The molecule has 11 N–H and O–H groups in total. The Labute approximate surface area is 573 Å². The zero-order valence-corrected chi connectivity index (χ0v) is 59.3. The van der Waals surface area contributed by atoms with Gasteiger partial charge in [-0.25, -0.2) is 4.57 Å². The van der Waals surface area contributed by atoms with E-state index in [4.69, 9.17) is 42.2 Å². The topological polar surface area (TPSA) is 374 Å². The Kier molecular flexibility index (Phi) is 48.7. The lowest BCUT2D eigenvalue weighted by Gasteiger charge is -2.49. The van der Waals surface area contributed by atoms with E-state index in [1.807, 2.05) is 0 Å². The first kappa shape index (κ1) is 87.7. The Morgan fingerprint density at radius 2 is 0.729 bits per heavy atom. The maximum atomic E-state index is 14.3. The normalized spacial score (nSPS) is 28.1. The van der Waals surface area contributed by atoms with Gasteiger partial charge in [-0.3, -0.25) is 23.4 Å². The van der Waals surface area contributed by atoms with Crippen molar-refractivity contribution in [2.45, 2.75) is 382 Å². The van der Waals surface area contributed by atoms with E-state index in [-0.39, 0.29) is 19.3 Å². The van der Waals surface area contributed by atoms with Crippen LogP contribution in [0.1, 0.15) is 278 Å². The van der Waals surface area contributed by atoms with Gasteiger partial charge < -0.3 is 89.1 Å². The third-order valence-corrected chi connectivity index (χ3v) is 19.2. The van der Waals surface area contributed by atoms with Crippen molar-refractivity contribution >= 4 is 25.7 Å². The number of aliphatic hydroxyl groups excluding tert-OH is 10. The smallest absolute Gasteiger partial charge is 0.463 e. The molecular formula is C71H129O24P. The highest BCUT2D eigenvalue weighted by molar-refractivity contribution is 7.47. The molecule has 0 amide bonds. The molecule has 562 valence electrons. The van der Waals surface area contributed by atoms with E-state index in [1.165, 1.54) is 103 Å². The van der Waals surface area contributed by atoms with Crippen molar-refractivity contribution in [3.8, 4) is 0 Å². The van der Waals surface area contributed by atoms with Crippen molar-refractivity contribution < 1.29 is 117 Å². The second-order valence-corrected chi connectivity index (χ2v) is 28.1. The first-order chi connectivity index (χ1) is 46.3. The Bertz CT molecular complexity index is 2090. The largest absolute Gasteiger partial charge is 0.472 e. The summed E-state index contributed by atoms with van der Waals surface area (Å²) in [6.07, 6.45) is 12.5. The van der Waals surface area contributed by atoms with Crippen molar-refractivity contribution in [3.05, 3.63) is 24.3 Å². The first-order valence-electron chi connectivity index (χ1n) is 37.1. The number of rotatable bonds is 57. The highest BCUT2D eigenvalue weighted by atomic mass is 31.2. The Morgan fingerprint density at radius 1 is 0.396 bits per heavy atom. The van der Waals surface area contributed by atoms with Crippen LogP contribution < -0.4 is 0 Å². The van der Waals surface area contributed by atoms with Crippen molar-refractivity contribution in [3.63, 3.8) is 0 Å². The van der Waals surface area contributed by atoms with Crippen molar-refractivity contribution in [1.29, 1.82) is 0 Å². The fourth-order valence-corrected chi connectivity index (χ4v) is 13.1. The van der Waals surface area contributed by atoms with Gasteiger partial charge in [0.15, 0.2) is 18.7 Å². The van der Waals surface area contributed by atoms with Crippen LogP contribution in [0.5, 0.6) is 0 Å². The summed E-state index contributed by atoms with van der Waals surface area (Å²) >= 11 is 0. The van der Waals surface area contributed by atoms with Gasteiger partial charge in [-0.15, -0.1) is 0 Å². The molecule has 1 saturated carbocycles. The molecule has 0 spiro atoms. The highest BCUT2D eigenvalue weighted by Gasteiger charge is 2.58. The molecule has 3 aliphatic rings. The van der Waals surface area contributed by atoms with E-state index in [0.29, 0.717) is 19.3 Å². The number of esters is 3. The molecule has 3 fully saturated rings. The van der Waals surface area contributed by atoms with E-state index in [2.05, 4.69) is 45.1 Å². The van der Waals surface area contributed by atoms with Gasteiger partial charge in [0.2, 0.25) is 0 Å². The van der Waals surface area contributed by atoms with Crippen LogP contribution in [0.3, 0.4) is 0 Å². The fourth-order valence-electron chi connectivity index (χ4n) is 12.1. The number of carbonyl (C=O) groups is 3. The third-order valence-electron chi connectivity index (χ3n) is 18.2. The highest BCUT2D eigenvalue weighted by Crippen LogP contribution is 2.49. The van der Waals surface area contributed by atoms with Gasteiger partial charge in [-0.2, -0.15) is 0 Å². The number of phosphoric ester groups is 1. The number of aliphatic hydroxyl groups is 10. The number of hydrogen-bond acceptors (Lipinski definition) is 23. The second-order valence-electron chi connectivity index (χ2n) is 26.7. The number of unbranched alkanes of at least 4 members (excludes halogenated alkanes) is 32. The van der Waals surface area contributed by atoms with Crippen LogP contribution in [-0.4, -0.2) is 204 Å². The molecule has 1 aliphatic carbocycles. The summed E-state index contributed by atoms with van der Waals surface area (Å²) in [5.74, 6) is -2.01. The summed E-state index contributed by atoms with van der Waals surface area (Å²) in [5.41, 5.74) is 0. The summed E-state index contributed by atoms with van der Waals surface area (Å²) in [6.45, 7) is 3.40. The second kappa shape index (κ2) is 53.3. The predicted molar refractivity (Wildman–Crippen MR) is 361 cm³/mol. The molecule has 0 bridgehead atoms. The molecule has 0 aromatic carbocycles. The van der Waals surface area contributed by atoms with Crippen molar-refractivity contribution in [2.24, 2.45) is 0 Å². The van der Waals surface area contributed by atoms with Gasteiger partial charge in [-0.05, 0) is 70.6 Å². The minimum absolute atomic E-state index is 0.00829. The molecule has 2 saturated heterocycles. The average molecular weight is 1400 g/mol. The van der Waals surface area contributed by atoms with E-state index in [1.54, 1.807) is 0 Å². The third kappa shape index (κ3) is 36.4. The monoisotopic (exact) mass is 1400 g/mol. The minimum Gasteiger partial charge on any atom is -0.463 e. The van der Waals surface area contributed by atoms with Crippen LogP contribution in [0, 0.1) is 0 Å². The number of phosphoric acid groups is 1. The van der Waals surface area contributed by atoms with Crippen LogP contribution in [-0.2, 0) is 61.2 Å². The molecular weight excluding hydrogens is 1270 g/mol. The van der Waals surface area contributed by atoms with E-state index in [9.17, 15) is 74.9 Å². The van der Waals surface area contributed by atoms with Gasteiger partial charge in [0.05, 0.1) is 13.2 Å². The Balaban J connectivity index is 1.75. The van der Waals surface area contributed by atoms with Crippen LogP contribution in [0.4, 0.5) is 0 Å². The quantitative estimate of drug-likeness (QED) is 0.00886. The molecule has 0 aromatic rings. The standard InChI is InChI=1S/C71H129O24P/c1-4-7-10-13-16-19-22-25-27-29-32-35-38-41-44-47-57(75)90-52(49-87-55(73)45-42-39-36-33-30-24-21-18-15-12-9-6-3)50-89-96(85,86)95-69-67(93-70-65(83)60(78)58(76)53(48-72)91-70)63(81)62(80)64(82)68(69)94-71-66(84)61(79)59(77)54(92-71)51-88-56(74)46-43-40-37-34-31-28-26-23-20-17-14-11-8-5-2/h19,22,28,31,52-54,58-72,76-84H,4-18,20-21,23-27,29-30,32-51H2,1-3H3,(H,85,86)/b22-19-,31-28-. The molecule has 2 aliphatic heterocycles. The summed E-state index contributed by atoms with van der Waals surface area (Å²) < 4.78 is 64.9. The van der Waals surface area contributed by atoms with Crippen LogP contribution in [0.15, 0.2) is 24.3 Å². The summed E-state index contributed by atoms with van der Waals surface area (Å²) in [5, 5.41) is 110. The molecule has 0 radical (unpaired) electrons. The summed E-state index contributed by atoms with van der Waals surface area (Å²) in [4.78, 5) is 50.9. The molecule has 25 heteroatoms. The maximum Gasteiger partial charge on any atom is 0.472 e. The zero-order chi connectivity index (χ0) is 70.4. The predicted octanol–water partition coefficient (Wildman–Crippen LogP) is 9.74. The van der Waals surface area contributed by atoms with Crippen LogP contribution in [0.25, 0.3) is 0 Å². The van der Waals surface area contributed by atoms with Gasteiger partial charge in [-0.1, -0.05) is 212 Å². The lowest BCUT2D eigenvalue weighted by molar-refractivity contribution is -0.360. The maximum absolute atomic E-state index is 14.3. The van der Waals surface area contributed by atoms with E-state index < -0.39 is 156 Å². The SMILES string of the molecule is CCCCCC/C=C\CCCCCCCCCC(=O)OC(COC(=O)CCCCCCCCCCCCCC)COP(=O)(O)OC1C(OC2OC(CO)C(O)C(O)C2O)C(O)C(O)C(O)C1OC1OC(COC(=O)CCCCC/C=C\CCCCCCCCC)C(O)C(O)C1O. The van der Waals surface area contributed by atoms with Crippen molar-refractivity contribution in [2.75, 3.05) is 26.4 Å². The molecule has 0 aromatic heterocycles. The van der Waals surface area contributed by atoms with Gasteiger partial charge in [0.1, 0.15) is 98.7 Å².